The summed E-state index contributed by atoms with van der Waals surface area (Å²) >= 11 is 17.7. The van der Waals surface area contributed by atoms with Gasteiger partial charge in [-0.05, 0) is 54.7 Å². The van der Waals surface area contributed by atoms with Crippen molar-refractivity contribution in [1.29, 1.82) is 0 Å². The highest BCUT2D eigenvalue weighted by Gasteiger charge is 2.07. The van der Waals surface area contributed by atoms with E-state index in [2.05, 4.69) is 31.9 Å². The maximum Gasteiger partial charge on any atom is 0.274 e. The molecule has 0 unspecified atom stereocenters. The fourth-order valence-electron chi connectivity index (χ4n) is 1.91. The van der Waals surface area contributed by atoms with E-state index in [4.69, 9.17) is 28.9 Å². The molecule has 0 saturated heterocycles. The molecule has 0 spiro atoms. The first-order chi connectivity index (χ1) is 9.56. The molecule has 0 N–H and O–H groups in total. The third-order valence-electron chi connectivity index (χ3n) is 2.84. The molecule has 0 saturated carbocycles. The number of fused-ring (bicyclic) bond motifs is 1. The highest BCUT2D eigenvalue weighted by Crippen LogP contribution is 2.24. The molecule has 20 heavy (non-hydrogen) atoms. The highest BCUT2D eigenvalue weighted by molar-refractivity contribution is 9.10. The molecular weight excluding hydrogens is 422 g/mol. The van der Waals surface area contributed by atoms with E-state index < -0.39 is 0 Å². The van der Waals surface area contributed by atoms with Gasteiger partial charge in [0.05, 0.1) is 11.1 Å². The fraction of sp³-hybridized carbons (Fsp3) is 0. The van der Waals surface area contributed by atoms with Crippen molar-refractivity contribution in [2.45, 2.75) is 0 Å². The Morgan fingerprint density at radius 2 is 1.55 bits per heavy atom. The minimum absolute atomic E-state index is 0.340. The van der Waals surface area contributed by atoms with Gasteiger partial charge in [-0.3, -0.25) is 4.57 Å². The summed E-state index contributed by atoms with van der Waals surface area (Å²) in [5.41, 5.74) is 1.57. The van der Waals surface area contributed by atoms with E-state index in [1.807, 2.05) is 42.5 Å². The maximum absolute atomic E-state index is 5.69. The molecular formula is C14H7Br2NOS2. The van der Waals surface area contributed by atoms with E-state index in [1.165, 1.54) is 0 Å². The summed E-state index contributed by atoms with van der Waals surface area (Å²) in [6.45, 7) is 0. The fourth-order valence-corrected chi connectivity index (χ4v) is 3.23. The second-order valence-electron chi connectivity index (χ2n) is 4.13. The van der Waals surface area contributed by atoms with Gasteiger partial charge in [-0.1, -0.05) is 44.1 Å². The van der Waals surface area contributed by atoms with E-state index in [9.17, 15) is 0 Å². The Labute approximate surface area is 142 Å². The van der Waals surface area contributed by atoms with Crippen molar-refractivity contribution >= 4 is 67.3 Å². The van der Waals surface area contributed by atoms with Gasteiger partial charge in [0, 0.05) is 8.95 Å². The van der Waals surface area contributed by atoms with E-state index in [0.717, 1.165) is 20.0 Å². The van der Waals surface area contributed by atoms with Crippen molar-refractivity contribution in [3.63, 3.8) is 0 Å². The summed E-state index contributed by atoms with van der Waals surface area (Å²) in [4.78, 5) is 0.340. The topological polar surface area (TPSA) is 18.1 Å². The van der Waals surface area contributed by atoms with E-state index in [0.29, 0.717) is 15.1 Å². The van der Waals surface area contributed by atoms with Crippen LogP contribution in [0.2, 0.25) is 0 Å². The number of hydrogen-bond acceptors (Lipinski definition) is 3. The highest BCUT2D eigenvalue weighted by atomic mass is 79.9. The number of aromatic nitrogens is 1. The lowest BCUT2D eigenvalue weighted by Gasteiger charge is -2.09. The van der Waals surface area contributed by atoms with Crippen LogP contribution < -0.4 is 0 Å². The molecule has 2 aromatic carbocycles. The van der Waals surface area contributed by atoms with Gasteiger partial charge in [0.15, 0.2) is 0 Å². The lowest BCUT2D eigenvalue weighted by atomic mass is 10.2. The molecule has 1 aromatic heterocycles. The third-order valence-corrected chi connectivity index (χ3v) is 4.53. The molecule has 2 nitrogen and oxygen atoms in total. The van der Waals surface area contributed by atoms with Crippen LogP contribution in [0.3, 0.4) is 0 Å². The van der Waals surface area contributed by atoms with Gasteiger partial charge in [-0.25, -0.2) is 0 Å². The van der Waals surface area contributed by atoms with Gasteiger partial charge in [0.1, 0.15) is 10.2 Å². The Morgan fingerprint density at radius 3 is 2.25 bits per heavy atom. The minimum atomic E-state index is 0.340. The van der Waals surface area contributed by atoms with Crippen LogP contribution >= 0.6 is 56.3 Å². The van der Waals surface area contributed by atoms with E-state index in [1.54, 1.807) is 4.57 Å². The van der Waals surface area contributed by atoms with Crippen molar-refractivity contribution in [2.75, 3.05) is 0 Å². The SMILES string of the molecule is S=c1oc2ccc(Br)cc2c(=S)n1-c1ccc(Br)cc1. The zero-order valence-corrected chi connectivity index (χ0v) is 14.8. The van der Waals surface area contributed by atoms with Crippen LogP contribution in [-0.2, 0) is 0 Å². The molecule has 6 heteroatoms. The summed E-state index contributed by atoms with van der Waals surface area (Å²) in [5.74, 6) is 0. The average molecular weight is 429 g/mol. The lowest BCUT2D eigenvalue weighted by molar-refractivity contribution is 0.537. The minimum Gasteiger partial charge on any atom is -0.431 e. The van der Waals surface area contributed by atoms with E-state index >= 15 is 0 Å². The largest absolute Gasteiger partial charge is 0.431 e. The number of rotatable bonds is 1. The van der Waals surface area contributed by atoms with Crippen LogP contribution in [0, 0.1) is 9.48 Å². The molecule has 3 aromatic rings. The van der Waals surface area contributed by atoms with Crippen LogP contribution in [0.5, 0.6) is 0 Å². The number of halogens is 2. The van der Waals surface area contributed by atoms with E-state index in [-0.39, 0.29) is 0 Å². The lowest BCUT2D eigenvalue weighted by Crippen LogP contribution is -1.99. The van der Waals surface area contributed by atoms with Crippen LogP contribution in [0.1, 0.15) is 0 Å². The molecule has 100 valence electrons. The van der Waals surface area contributed by atoms with Crippen molar-refractivity contribution in [3.8, 4) is 5.69 Å². The molecule has 1 heterocycles. The van der Waals surface area contributed by atoms with Crippen LogP contribution in [0.15, 0.2) is 55.8 Å². The van der Waals surface area contributed by atoms with Gasteiger partial charge in [-0.15, -0.1) is 0 Å². The molecule has 0 amide bonds. The monoisotopic (exact) mass is 427 g/mol. The Morgan fingerprint density at radius 1 is 0.900 bits per heavy atom. The molecule has 0 atom stereocenters. The molecule has 3 rings (SSSR count). The Bertz CT molecular complexity index is 913. The zero-order valence-electron chi connectivity index (χ0n) is 9.97. The standard InChI is InChI=1S/C14H7Br2NOS2/c15-8-1-4-10(5-2-8)17-13(19)11-7-9(16)3-6-12(11)18-14(17)20/h1-7H. The zero-order chi connectivity index (χ0) is 14.3. The normalized spacial score (nSPS) is 10.9. The van der Waals surface area contributed by atoms with Gasteiger partial charge < -0.3 is 4.42 Å². The second-order valence-corrected chi connectivity index (χ2v) is 6.69. The second kappa shape index (κ2) is 5.52. The number of hydrogen-bond donors (Lipinski definition) is 0. The molecule has 0 bridgehead atoms. The van der Waals surface area contributed by atoms with Crippen LogP contribution in [0.4, 0.5) is 0 Å². The van der Waals surface area contributed by atoms with Gasteiger partial charge in [0.2, 0.25) is 0 Å². The summed E-state index contributed by atoms with van der Waals surface area (Å²) in [5, 5.41) is 0.853. The first-order valence-electron chi connectivity index (χ1n) is 5.67. The molecule has 0 aliphatic rings. The Kier molecular flexibility index (Phi) is 3.90. The maximum atomic E-state index is 5.69. The summed E-state index contributed by atoms with van der Waals surface area (Å²) < 4.78 is 10.0. The predicted octanol–water partition coefficient (Wildman–Crippen LogP) is 6.21. The number of nitrogens with zero attached hydrogens (tertiary/aromatic N) is 1. The summed E-state index contributed by atoms with van der Waals surface area (Å²) in [7, 11) is 0. The van der Waals surface area contributed by atoms with Crippen molar-refractivity contribution in [1.82, 2.24) is 4.57 Å². The third kappa shape index (κ3) is 2.53. The summed E-state index contributed by atoms with van der Waals surface area (Å²) in [6.07, 6.45) is 0. The Balaban J connectivity index is 2.39. The first-order valence-corrected chi connectivity index (χ1v) is 8.08. The molecule has 0 aliphatic carbocycles. The number of benzene rings is 2. The van der Waals surface area contributed by atoms with Gasteiger partial charge in [0.25, 0.3) is 4.84 Å². The van der Waals surface area contributed by atoms with Gasteiger partial charge >= 0.3 is 0 Å². The molecule has 0 aliphatic heterocycles. The van der Waals surface area contributed by atoms with Crippen LogP contribution in [0.25, 0.3) is 16.7 Å². The van der Waals surface area contributed by atoms with Gasteiger partial charge in [-0.2, -0.15) is 0 Å². The summed E-state index contributed by atoms with van der Waals surface area (Å²) in [6, 6.07) is 13.5. The predicted molar refractivity (Wildman–Crippen MR) is 92.6 cm³/mol. The molecule has 0 radical (unpaired) electrons. The smallest absolute Gasteiger partial charge is 0.274 e. The average Bonchev–Trinajstić information content (AvgIpc) is 2.42. The van der Waals surface area contributed by atoms with Crippen molar-refractivity contribution in [2.24, 2.45) is 0 Å². The quantitative estimate of drug-likeness (QED) is 0.429. The van der Waals surface area contributed by atoms with Crippen molar-refractivity contribution in [3.05, 3.63) is 60.9 Å². The molecule has 0 fully saturated rings. The van der Waals surface area contributed by atoms with Crippen LogP contribution in [-0.4, -0.2) is 4.57 Å². The van der Waals surface area contributed by atoms with Crippen molar-refractivity contribution < 1.29 is 4.42 Å². The first kappa shape index (κ1) is 14.1. The Hall–Kier alpha value is -0.820.